The highest BCUT2D eigenvalue weighted by molar-refractivity contribution is 5.91. The number of halogens is 2. The predicted octanol–water partition coefficient (Wildman–Crippen LogP) is 4.67. The van der Waals surface area contributed by atoms with Crippen molar-refractivity contribution in [3.8, 4) is 11.5 Å². The number of rotatable bonds is 8. The molecule has 0 aromatic heterocycles. The van der Waals surface area contributed by atoms with Crippen LogP contribution in [0.5, 0.6) is 11.5 Å². The van der Waals surface area contributed by atoms with E-state index in [1.165, 1.54) is 17.0 Å². The number of aryl methyl sites for hydroxylation is 1. The van der Waals surface area contributed by atoms with Gasteiger partial charge in [0, 0.05) is 19.7 Å². The lowest BCUT2D eigenvalue weighted by molar-refractivity contribution is -0.125. The Morgan fingerprint density at radius 1 is 1.15 bits per heavy atom. The van der Waals surface area contributed by atoms with Crippen LogP contribution in [-0.2, 0) is 11.3 Å². The van der Waals surface area contributed by atoms with Crippen LogP contribution < -0.4 is 9.47 Å². The van der Waals surface area contributed by atoms with Crippen LogP contribution >= 0.6 is 0 Å². The van der Waals surface area contributed by atoms with E-state index in [4.69, 9.17) is 4.74 Å². The molecule has 0 saturated heterocycles. The third-order valence-electron chi connectivity index (χ3n) is 3.82. The van der Waals surface area contributed by atoms with Gasteiger partial charge in [0.15, 0.2) is 11.5 Å². The number of ether oxygens (including phenoxy) is 2. The summed E-state index contributed by atoms with van der Waals surface area (Å²) >= 11 is 0. The maximum absolute atomic E-state index is 12.5. The molecular formula is C21H23F2NO3. The molecule has 27 heavy (non-hydrogen) atoms. The van der Waals surface area contributed by atoms with Crippen LogP contribution in [0.2, 0.25) is 0 Å². The van der Waals surface area contributed by atoms with Gasteiger partial charge in [0.2, 0.25) is 5.91 Å². The molecule has 0 atom stereocenters. The summed E-state index contributed by atoms with van der Waals surface area (Å²) in [5, 5.41) is 0. The summed E-state index contributed by atoms with van der Waals surface area (Å²) in [6.45, 7) is 1.46. The van der Waals surface area contributed by atoms with Crippen LogP contribution in [0, 0.1) is 6.92 Å². The molecule has 6 heteroatoms. The Kier molecular flexibility index (Phi) is 7.34. The molecule has 1 amide bonds. The van der Waals surface area contributed by atoms with Crippen LogP contribution in [0.25, 0.3) is 6.08 Å². The first-order valence-electron chi connectivity index (χ1n) is 8.59. The smallest absolute Gasteiger partial charge is 0.387 e. The van der Waals surface area contributed by atoms with Gasteiger partial charge in [-0.15, -0.1) is 0 Å². The molecule has 0 heterocycles. The summed E-state index contributed by atoms with van der Waals surface area (Å²) in [6.07, 6.45) is 3.26. The molecular weight excluding hydrogens is 352 g/mol. The first kappa shape index (κ1) is 20.4. The first-order valence-corrected chi connectivity index (χ1v) is 8.59. The number of alkyl halides is 2. The van der Waals surface area contributed by atoms with E-state index < -0.39 is 6.61 Å². The van der Waals surface area contributed by atoms with E-state index in [1.54, 1.807) is 32.2 Å². The van der Waals surface area contributed by atoms with Gasteiger partial charge >= 0.3 is 6.61 Å². The van der Waals surface area contributed by atoms with E-state index in [-0.39, 0.29) is 17.4 Å². The number of hydrogen-bond donors (Lipinski definition) is 0. The monoisotopic (exact) mass is 375 g/mol. The molecule has 0 radical (unpaired) electrons. The van der Waals surface area contributed by atoms with Gasteiger partial charge in [0.25, 0.3) is 0 Å². The van der Waals surface area contributed by atoms with E-state index in [2.05, 4.69) is 4.74 Å². The lowest BCUT2D eigenvalue weighted by Gasteiger charge is -2.17. The van der Waals surface area contributed by atoms with Crippen LogP contribution in [0.1, 0.15) is 23.6 Å². The van der Waals surface area contributed by atoms with E-state index in [9.17, 15) is 13.6 Å². The molecule has 0 aliphatic carbocycles. The van der Waals surface area contributed by atoms with Crippen LogP contribution in [0.15, 0.2) is 48.5 Å². The van der Waals surface area contributed by atoms with Crippen LogP contribution in [0.4, 0.5) is 8.78 Å². The molecule has 2 rings (SSSR count). The highest BCUT2D eigenvalue weighted by atomic mass is 19.3. The Morgan fingerprint density at radius 2 is 1.85 bits per heavy atom. The van der Waals surface area contributed by atoms with Crippen molar-refractivity contribution in [1.82, 2.24) is 4.90 Å². The van der Waals surface area contributed by atoms with Gasteiger partial charge in [-0.2, -0.15) is 8.78 Å². The Hall–Kier alpha value is -2.89. The average Bonchev–Trinajstić information content (AvgIpc) is 2.63. The minimum atomic E-state index is -2.92. The molecule has 0 aliphatic heterocycles. The standard InChI is InChI=1S/C21H23F2NO3/c1-4-26-19-13-17(9-11-18(19)27-21(22)23)14-24(3)20(25)12-10-16-7-5-15(2)6-8-16/h5-13,21H,4,14H2,1-3H3/b12-10-. The molecule has 0 bridgehead atoms. The van der Waals surface area contributed by atoms with Crippen molar-refractivity contribution in [2.45, 2.75) is 27.0 Å². The fourth-order valence-corrected chi connectivity index (χ4v) is 2.44. The Bertz CT molecular complexity index is 789. The number of likely N-dealkylation sites (N-methyl/N-ethyl adjacent to an activating group) is 1. The maximum atomic E-state index is 12.5. The zero-order valence-electron chi connectivity index (χ0n) is 15.6. The number of nitrogens with zero attached hydrogens (tertiary/aromatic N) is 1. The largest absolute Gasteiger partial charge is 0.490 e. The summed E-state index contributed by atoms with van der Waals surface area (Å²) in [5.74, 6) is 0.0386. The SMILES string of the molecule is CCOc1cc(CN(C)C(=O)/C=C\c2ccc(C)cc2)ccc1OC(F)F. The predicted molar refractivity (Wildman–Crippen MR) is 101 cm³/mol. The number of carbonyl (C=O) groups is 1. The zero-order valence-corrected chi connectivity index (χ0v) is 15.6. The second kappa shape index (κ2) is 9.71. The molecule has 144 valence electrons. The van der Waals surface area contributed by atoms with Crippen molar-refractivity contribution in [2.24, 2.45) is 0 Å². The van der Waals surface area contributed by atoms with Gasteiger partial charge in [0.05, 0.1) is 6.61 Å². The minimum Gasteiger partial charge on any atom is -0.490 e. The lowest BCUT2D eigenvalue weighted by atomic mass is 10.1. The van der Waals surface area contributed by atoms with Crippen molar-refractivity contribution < 1.29 is 23.0 Å². The third kappa shape index (κ3) is 6.40. The Balaban J connectivity index is 2.05. The number of hydrogen-bond acceptors (Lipinski definition) is 3. The van der Waals surface area contributed by atoms with Gasteiger partial charge < -0.3 is 14.4 Å². The molecule has 0 fully saturated rings. The fourth-order valence-electron chi connectivity index (χ4n) is 2.44. The number of carbonyl (C=O) groups excluding carboxylic acids is 1. The number of amides is 1. The molecule has 0 spiro atoms. The first-order chi connectivity index (χ1) is 12.9. The van der Waals surface area contributed by atoms with Gasteiger partial charge in [-0.05, 0) is 43.2 Å². The van der Waals surface area contributed by atoms with Crippen molar-refractivity contribution in [3.63, 3.8) is 0 Å². The topological polar surface area (TPSA) is 38.8 Å². The maximum Gasteiger partial charge on any atom is 0.387 e. The van der Waals surface area contributed by atoms with E-state index in [1.807, 2.05) is 31.2 Å². The van der Waals surface area contributed by atoms with E-state index in [0.717, 1.165) is 16.7 Å². The quantitative estimate of drug-likeness (QED) is 0.630. The second-order valence-corrected chi connectivity index (χ2v) is 6.03. The second-order valence-electron chi connectivity index (χ2n) is 6.03. The highest BCUT2D eigenvalue weighted by Gasteiger charge is 2.13. The van der Waals surface area contributed by atoms with E-state index in [0.29, 0.717) is 13.2 Å². The van der Waals surface area contributed by atoms with E-state index >= 15 is 0 Å². The average molecular weight is 375 g/mol. The van der Waals surface area contributed by atoms with Crippen molar-refractivity contribution in [1.29, 1.82) is 0 Å². The third-order valence-corrected chi connectivity index (χ3v) is 3.82. The molecule has 0 unspecified atom stereocenters. The van der Waals surface area contributed by atoms with Crippen molar-refractivity contribution >= 4 is 12.0 Å². The Labute approximate surface area is 158 Å². The zero-order chi connectivity index (χ0) is 19.8. The lowest BCUT2D eigenvalue weighted by Crippen LogP contribution is -2.24. The molecule has 0 aliphatic rings. The molecule has 0 saturated carbocycles. The van der Waals surface area contributed by atoms with Crippen molar-refractivity contribution in [2.75, 3.05) is 13.7 Å². The summed E-state index contributed by atoms with van der Waals surface area (Å²) in [4.78, 5) is 13.8. The molecule has 2 aromatic rings. The highest BCUT2D eigenvalue weighted by Crippen LogP contribution is 2.30. The summed E-state index contributed by atoms with van der Waals surface area (Å²) in [7, 11) is 1.67. The van der Waals surface area contributed by atoms with Gasteiger partial charge in [-0.1, -0.05) is 35.9 Å². The summed E-state index contributed by atoms with van der Waals surface area (Å²) < 4.78 is 34.7. The summed E-state index contributed by atoms with van der Waals surface area (Å²) in [6, 6.07) is 12.5. The normalized spacial score (nSPS) is 11.0. The Morgan fingerprint density at radius 3 is 2.48 bits per heavy atom. The molecule has 0 N–H and O–H groups in total. The minimum absolute atomic E-state index is 0.0242. The molecule has 2 aromatic carbocycles. The molecule has 4 nitrogen and oxygen atoms in total. The van der Waals surface area contributed by atoms with Gasteiger partial charge in [0.1, 0.15) is 0 Å². The summed E-state index contributed by atoms with van der Waals surface area (Å²) in [5.41, 5.74) is 2.84. The fraction of sp³-hybridized carbons (Fsp3) is 0.286. The van der Waals surface area contributed by atoms with Crippen molar-refractivity contribution in [3.05, 3.63) is 65.2 Å². The van der Waals surface area contributed by atoms with Gasteiger partial charge in [-0.25, -0.2) is 0 Å². The van der Waals surface area contributed by atoms with Gasteiger partial charge in [-0.3, -0.25) is 4.79 Å². The van der Waals surface area contributed by atoms with Crippen LogP contribution in [0.3, 0.4) is 0 Å². The van der Waals surface area contributed by atoms with Crippen LogP contribution in [-0.4, -0.2) is 31.1 Å². The number of benzene rings is 2.